The molecule has 0 bridgehead atoms. The number of carbonyl (C=O) groups is 1. The quantitative estimate of drug-likeness (QED) is 0.659. The number of aromatic nitrogens is 1. The minimum atomic E-state index is 0.0493. The minimum absolute atomic E-state index is 0.0493. The maximum atomic E-state index is 11.3. The monoisotopic (exact) mass is 250 g/mol. The first-order valence-electron chi connectivity index (χ1n) is 5.82. The molecule has 1 N–H and O–H groups in total. The third-order valence-electron chi connectivity index (χ3n) is 2.67. The molecule has 3 nitrogen and oxygen atoms in total. The van der Waals surface area contributed by atoms with E-state index in [0.717, 1.165) is 30.5 Å². The molecule has 1 aromatic heterocycles. The summed E-state index contributed by atoms with van der Waals surface area (Å²) in [5, 5.41) is 2.80. The zero-order valence-corrected chi connectivity index (χ0v) is 10.3. The normalized spacial score (nSPS) is 14.8. The van der Waals surface area contributed by atoms with Gasteiger partial charge in [-0.05, 0) is 37.0 Å². The average Bonchev–Trinajstić information content (AvgIpc) is 2.34. The summed E-state index contributed by atoms with van der Waals surface area (Å²) in [6.07, 6.45) is 7.29. The smallest absolute Gasteiger partial charge is 0.225 e. The fourth-order valence-electron chi connectivity index (χ4n) is 1.75. The summed E-state index contributed by atoms with van der Waals surface area (Å²) in [7, 11) is 0. The van der Waals surface area contributed by atoms with E-state index in [1.807, 2.05) is 18.2 Å². The van der Waals surface area contributed by atoms with Gasteiger partial charge in [0.25, 0.3) is 0 Å². The van der Waals surface area contributed by atoms with Crippen molar-refractivity contribution in [2.24, 2.45) is 0 Å². The summed E-state index contributed by atoms with van der Waals surface area (Å²) < 4.78 is 0. The van der Waals surface area contributed by atoms with Crippen LogP contribution in [0.15, 0.2) is 18.2 Å². The van der Waals surface area contributed by atoms with Crippen LogP contribution in [-0.4, -0.2) is 16.8 Å². The lowest BCUT2D eigenvalue weighted by Gasteiger charge is -2.15. The SMILES string of the molecule is O=C1CCc2ccc(C=CCCCCl)nc2N1. The molecule has 17 heavy (non-hydrogen) atoms. The number of aryl methyl sites for hydroxylation is 1. The van der Waals surface area contributed by atoms with Gasteiger partial charge in [-0.3, -0.25) is 4.79 Å². The molecule has 0 radical (unpaired) electrons. The van der Waals surface area contributed by atoms with E-state index < -0.39 is 0 Å². The van der Waals surface area contributed by atoms with Gasteiger partial charge < -0.3 is 5.32 Å². The number of pyridine rings is 1. The number of halogens is 1. The molecule has 1 amide bonds. The van der Waals surface area contributed by atoms with Gasteiger partial charge in [0.15, 0.2) is 0 Å². The molecule has 90 valence electrons. The van der Waals surface area contributed by atoms with Crippen molar-refractivity contribution in [2.75, 3.05) is 11.2 Å². The molecular weight excluding hydrogens is 236 g/mol. The lowest BCUT2D eigenvalue weighted by Crippen LogP contribution is -2.20. The van der Waals surface area contributed by atoms with E-state index in [1.165, 1.54) is 0 Å². The molecule has 0 atom stereocenters. The van der Waals surface area contributed by atoms with Crippen molar-refractivity contribution in [3.05, 3.63) is 29.5 Å². The van der Waals surface area contributed by atoms with E-state index in [0.29, 0.717) is 18.1 Å². The standard InChI is InChI=1S/C13H15ClN2O/c14-9-3-1-2-4-11-7-5-10-6-8-12(17)16-13(10)15-11/h2,4-5,7H,1,3,6,8-9H2,(H,15,16,17). The number of allylic oxidation sites excluding steroid dienone is 1. The number of rotatable bonds is 4. The van der Waals surface area contributed by atoms with E-state index in [2.05, 4.69) is 16.4 Å². The van der Waals surface area contributed by atoms with Gasteiger partial charge in [-0.15, -0.1) is 11.6 Å². The summed E-state index contributed by atoms with van der Waals surface area (Å²) in [5.41, 5.74) is 1.99. The van der Waals surface area contributed by atoms with Gasteiger partial charge in [-0.1, -0.05) is 12.1 Å². The Kier molecular flexibility index (Phi) is 4.15. The number of nitrogens with one attached hydrogen (secondary N) is 1. The number of nitrogens with zero attached hydrogens (tertiary/aromatic N) is 1. The Morgan fingerprint density at radius 2 is 2.29 bits per heavy atom. The Morgan fingerprint density at radius 3 is 3.12 bits per heavy atom. The molecule has 0 spiro atoms. The first-order chi connectivity index (χ1) is 8.29. The topological polar surface area (TPSA) is 42.0 Å². The predicted molar refractivity (Wildman–Crippen MR) is 70.2 cm³/mol. The molecule has 0 saturated heterocycles. The molecule has 1 aliphatic rings. The highest BCUT2D eigenvalue weighted by molar-refractivity contribution is 6.17. The third kappa shape index (κ3) is 3.30. The molecule has 2 rings (SSSR count). The molecule has 1 aromatic rings. The zero-order chi connectivity index (χ0) is 12.1. The van der Waals surface area contributed by atoms with Crippen molar-refractivity contribution in [1.29, 1.82) is 0 Å². The fourth-order valence-corrected chi connectivity index (χ4v) is 1.90. The van der Waals surface area contributed by atoms with Crippen LogP contribution in [0.25, 0.3) is 6.08 Å². The summed E-state index contributed by atoms with van der Waals surface area (Å²) in [6.45, 7) is 0. The van der Waals surface area contributed by atoms with Crippen molar-refractivity contribution < 1.29 is 4.79 Å². The lowest BCUT2D eigenvalue weighted by molar-refractivity contribution is -0.116. The van der Waals surface area contributed by atoms with Crippen LogP contribution in [0.3, 0.4) is 0 Å². The van der Waals surface area contributed by atoms with E-state index >= 15 is 0 Å². The molecule has 2 heterocycles. The number of alkyl halides is 1. The summed E-state index contributed by atoms with van der Waals surface area (Å²) in [5.74, 6) is 1.44. The maximum Gasteiger partial charge on any atom is 0.225 e. The van der Waals surface area contributed by atoms with E-state index in [-0.39, 0.29) is 5.91 Å². The van der Waals surface area contributed by atoms with Crippen molar-refractivity contribution in [3.8, 4) is 0 Å². The highest BCUT2D eigenvalue weighted by Gasteiger charge is 2.15. The fraction of sp³-hybridized carbons (Fsp3) is 0.385. The van der Waals surface area contributed by atoms with Crippen LogP contribution in [0.5, 0.6) is 0 Å². The Balaban J connectivity index is 2.07. The van der Waals surface area contributed by atoms with E-state index in [4.69, 9.17) is 11.6 Å². The van der Waals surface area contributed by atoms with Crippen molar-refractivity contribution in [1.82, 2.24) is 4.98 Å². The summed E-state index contributed by atoms with van der Waals surface area (Å²) in [4.78, 5) is 15.7. The number of unbranched alkanes of at least 4 members (excludes halogenated alkanes) is 1. The average molecular weight is 251 g/mol. The summed E-state index contributed by atoms with van der Waals surface area (Å²) >= 11 is 5.60. The highest BCUT2D eigenvalue weighted by atomic mass is 35.5. The van der Waals surface area contributed by atoms with Crippen LogP contribution in [0.4, 0.5) is 5.82 Å². The maximum absolute atomic E-state index is 11.3. The second kappa shape index (κ2) is 5.82. The molecular formula is C13H15ClN2O. The first-order valence-corrected chi connectivity index (χ1v) is 6.35. The number of fused-ring (bicyclic) bond motifs is 1. The number of hydrogen-bond donors (Lipinski definition) is 1. The Hall–Kier alpha value is -1.35. The second-order valence-corrected chi connectivity index (χ2v) is 4.40. The van der Waals surface area contributed by atoms with E-state index in [9.17, 15) is 4.79 Å². The molecule has 0 unspecified atom stereocenters. The molecule has 0 aliphatic carbocycles. The van der Waals surface area contributed by atoms with Crippen LogP contribution in [0, 0.1) is 0 Å². The van der Waals surface area contributed by atoms with Gasteiger partial charge in [0.2, 0.25) is 5.91 Å². The lowest BCUT2D eigenvalue weighted by atomic mass is 10.1. The molecule has 0 aromatic carbocycles. The number of amides is 1. The highest BCUT2D eigenvalue weighted by Crippen LogP contribution is 2.20. The van der Waals surface area contributed by atoms with Crippen LogP contribution in [0.1, 0.15) is 30.5 Å². The number of carbonyl (C=O) groups excluding carboxylic acids is 1. The number of hydrogen-bond acceptors (Lipinski definition) is 2. The van der Waals surface area contributed by atoms with Crippen molar-refractivity contribution in [3.63, 3.8) is 0 Å². The minimum Gasteiger partial charge on any atom is -0.310 e. The van der Waals surface area contributed by atoms with Gasteiger partial charge in [-0.2, -0.15) is 0 Å². The van der Waals surface area contributed by atoms with Gasteiger partial charge in [0.05, 0.1) is 5.69 Å². The molecule has 0 fully saturated rings. The first kappa shape index (κ1) is 12.1. The summed E-state index contributed by atoms with van der Waals surface area (Å²) in [6, 6.07) is 4.01. The van der Waals surface area contributed by atoms with Gasteiger partial charge in [-0.25, -0.2) is 4.98 Å². The van der Waals surface area contributed by atoms with Crippen LogP contribution in [-0.2, 0) is 11.2 Å². The van der Waals surface area contributed by atoms with Gasteiger partial charge >= 0.3 is 0 Å². The van der Waals surface area contributed by atoms with Gasteiger partial charge in [0.1, 0.15) is 5.82 Å². The predicted octanol–water partition coefficient (Wildman–Crippen LogP) is 3.00. The molecule has 4 heteroatoms. The zero-order valence-electron chi connectivity index (χ0n) is 9.58. The van der Waals surface area contributed by atoms with Crippen LogP contribution >= 0.6 is 11.6 Å². The van der Waals surface area contributed by atoms with Crippen LogP contribution in [0.2, 0.25) is 0 Å². The Morgan fingerprint density at radius 1 is 1.41 bits per heavy atom. The van der Waals surface area contributed by atoms with Crippen LogP contribution < -0.4 is 5.32 Å². The third-order valence-corrected chi connectivity index (χ3v) is 2.94. The van der Waals surface area contributed by atoms with Gasteiger partial charge in [0, 0.05) is 12.3 Å². The Labute approximate surface area is 106 Å². The van der Waals surface area contributed by atoms with Crippen molar-refractivity contribution in [2.45, 2.75) is 25.7 Å². The van der Waals surface area contributed by atoms with Crippen molar-refractivity contribution >= 4 is 29.4 Å². The molecule has 1 aliphatic heterocycles. The second-order valence-electron chi connectivity index (χ2n) is 4.03. The number of anilines is 1. The van der Waals surface area contributed by atoms with E-state index in [1.54, 1.807) is 0 Å². The Bertz CT molecular complexity index is 443. The largest absolute Gasteiger partial charge is 0.310 e. The molecule has 0 saturated carbocycles.